The van der Waals surface area contributed by atoms with Crippen molar-refractivity contribution in [3.8, 4) is 5.69 Å². The lowest BCUT2D eigenvalue weighted by atomic mass is 9.77. The summed E-state index contributed by atoms with van der Waals surface area (Å²) in [6.07, 6.45) is 6.35. The van der Waals surface area contributed by atoms with Crippen molar-refractivity contribution in [2.45, 2.75) is 44.6 Å². The third kappa shape index (κ3) is 3.37. The number of amides is 4. The predicted molar refractivity (Wildman–Crippen MR) is 101 cm³/mol. The zero-order valence-corrected chi connectivity index (χ0v) is 15.7. The van der Waals surface area contributed by atoms with E-state index in [2.05, 4.69) is 22.8 Å². The van der Waals surface area contributed by atoms with Gasteiger partial charge in [-0.15, -0.1) is 0 Å². The van der Waals surface area contributed by atoms with Gasteiger partial charge in [0.25, 0.3) is 5.91 Å². The van der Waals surface area contributed by atoms with Gasteiger partial charge in [0.15, 0.2) is 0 Å². The van der Waals surface area contributed by atoms with E-state index in [0.29, 0.717) is 24.3 Å². The van der Waals surface area contributed by atoms with Gasteiger partial charge < -0.3 is 5.32 Å². The van der Waals surface area contributed by atoms with Crippen LogP contribution in [0, 0.1) is 5.92 Å². The smallest absolute Gasteiger partial charge is 0.322 e. The standard InChI is InChI=1S/C20H23N5O3/c1-14-7-9-20(10-8-14)18(27)25(19(28)22-20)23-17(26)11-15-12-21-24(13-15)16-5-3-2-4-6-16/h2-6,12-14H,7-11H2,1H3,(H,22,28)(H,23,26). The first kappa shape index (κ1) is 18.2. The Kier molecular flexibility index (Phi) is 4.62. The summed E-state index contributed by atoms with van der Waals surface area (Å²) in [4.78, 5) is 37.5. The molecule has 1 spiro atoms. The van der Waals surface area contributed by atoms with E-state index in [4.69, 9.17) is 0 Å². The first-order valence-corrected chi connectivity index (χ1v) is 9.52. The Morgan fingerprint density at radius 1 is 1.25 bits per heavy atom. The minimum Gasteiger partial charge on any atom is -0.322 e. The second kappa shape index (κ2) is 7.10. The molecule has 1 saturated heterocycles. The number of urea groups is 1. The van der Waals surface area contributed by atoms with E-state index in [0.717, 1.165) is 23.5 Å². The molecule has 1 aromatic heterocycles. The van der Waals surface area contributed by atoms with E-state index in [-0.39, 0.29) is 12.3 Å². The van der Waals surface area contributed by atoms with Gasteiger partial charge in [-0.2, -0.15) is 10.1 Å². The van der Waals surface area contributed by atoms with Gasteiger partial charge in [-0.25, -0.2) is 9.48 Å². The van der Waals surface area contributed by atoms with Crippen LogP contribution in [0.5, 0.6) is 0 Å². The van der Waals surface area contributed by atoms with Crippen LogP contribution in [0.1, 0.15) is 38.2 Å². The molecule has 28 heavy (non-hydrogen) atoms. The summed E-state index contributed by atoms with van der Waals surface area (Å²) >= 11 is 0. The molecule has 1 saturated carbocycles. The number of hydrogen-bond acceptors (Lipinski definition) is 4. The highest BCUT2D eigenvalue weighted by Gasteiger charge is 2.52. The summed E-state index contributed by atoms with van der Waals surface area (Å²) in [5.74, 6) is -0.254. The number of hydrogen-bond donors (Lipinski definition) is 2. The summed E-state index contributed by atoms with van der Waals surface area (Å²) in [5.41, 5.74) is 3.16. The lowest BCUT2D eigenvalue weighted by molar-refractivity contribution is -0.139. The average molecular weight is 381 g/mol. The lowest BCUT2D eigenvalue weighted by Gasteiger charge is -2.33. The number of imide groups is 1. The number of rotatable bonds is 4. The molecule has 146 valence electrons. The Balaban J connectivity index is 1.40. The molecule has 0 radical (unpaired) electrons. The minimum absolute atomic E-state index is 0.0218. The molecule has 0 atom stereocenters. The summed E-state index contributed by atoms with van der Waals surface area (Å²) in [5, 5.41) is 7.88. The molecule has 2 aliphatic rings. The highest BCUT2D eigenvalue weighted by molar-refractivity contribution is 6.08. The topological polar surface area (TPSA) is 96.3 Å². The number of nitrogens with one attached hydrogen (secondary N) is 2. The number of aromatic nitrogens is 2. The van der Waals surface area contributed by atoms with Crippen LogP contribution in [0.25, 0.3) is 5.69 Å². The van der Waals surface area contributed by atoms with Crippen LogP contribution >= 0.6 is 0 Å². The Labute approximate surface area is 162 Å². The zero-order valence-electron chi connectivity index (χ0n) is 15.7. The van der Waals surface area contributed by atoms with Gasteiger partial charge in [-0.3, -0.25) is 15.0 Å². The van der Waals surface area contributed by atoms with Crippen molar-refractivity contribution >= 4 is 17.8 Å². The number of hydrazine groups is 1. The maximum absolute atomic E-state index is 12.8. The van der Waals surface area contributed by atoms with E-state index in [1.807, 2.05) is 30.3 Å². The van der Waals surface area contributed by atoms with Crippen LogP contribution in [-0.2, 0) is 16.0 Å². The molecule has 4 rings (SSSR count). The summed E-state index contributed by atoms with van der Waals surface area (Å²) in [6, 6.07) is 8.99. The second-order valence-corrected chi connectivity index (χ2v) is 7.68. The normalized spacial score (nSPS) is 24.5. The molecular formula is C20H23N5O3. The Hall–Kier alpha value is -3.16. The van der Waals surface area contributed by atoms with Crippen molar-refractivity contribution in [2.24, 2.45) is 5.92 Å². The van der Waals surface area contributed by atoms with E-state index in [9.17, 15) is 14.4 Å². The van der Waals surface area contributed by atoms with Crippen LogP contribution in [0.2, 0.25) is 0 Å². The minimum atomic E-state index is -0.866. The number of carbonyl (C=O) groups is 3. The molecule has 1 aromatic carbocycles. The molecular weight excluding hydrogens is 358 g/mol. The molecule has 1 aliphatic heterocycles. The molecule has 8 nitrogen and oxygen atoms in total. The molecule has 8 heteroatoms. The van der Waals surface area contributed by atoms with Crippen LogP contribution in [0.3, 0.4) is 0 Å². The third-order valence-corrected chi connectivity index (χ3v) is 5.55. The van der Waals surface area contributed by atoms with Crippen LogP contribution < -0.4 is 10.7 Å². The molecule has 2 aromatic rings. The van der Waals surface area contributed by atoms with Gasteiger partial charge in [0.2, 0.25) is 5.91 Å². The maximum Gasteiger partial charge on any atom is 0.344 e. The largest absolute Gasteiger partial charge is 0.344 e. The van der Waals surface area contributed by atoms with Crippen molar-refractivity contribution in [1.82, 2.24) is 25.5 Å². The maximum atomic E-state index is 12.8. The Morgan fingerprint density at radius 2 is 1.96 bits per heavy atom. The zero-order chi connectivity index (χ0) is 19.7. The van der Waals surface area contributed by atoms with Crippen LogP contribution in [0.15, 0.2) is 42.7 Å². The molecule has 0 unspecified atom stereocenters. The van der Waals surface area contributed by atoms with Gasteiger partial charge in [0.05, 0.1) is 18.3 Å². The van der Waals surface area contributed by atoms with E-state index in [1.165, 1.54) is 0 Å². The summed E-state index contributed by atoms with van der Waals surface area (Å²) in [6.45, 7) is 2.14. The van der Waals surface area contributed by atoms with Crippen molar-refractivity contribution in [2.75, 3.05) is 0 Å². The van der Waals surface area contributed by atoms with Crippen molar-refractivity contribution < 1.29 is 14.4 Å². The predicted octanol–water partition coefficient (Wildman–Crippen LogP) is 1.95. The first-order chi connectivity index (χ1) is 13.5. The molecule has 0 bridgehead atoms. The first-order valence-electron chi connectivity index (χ1n) is 9.52. The van der Waals surface area contributed by atoms with Gasteiger partial charge in [-0.05, 0) is 49.3 Å². The molecule has 2 N–H and O–H groups in total. The Morgan fingerprint density at radius 3 is 2.68 bits per heavy atom. The van der Waals surface area contributed by atoms with Gasteiger partial charge in [-0.1, -0.05) is 25.1 Å². The lowest BCUT2D eigenvalue weighted by Crippen LogP contribution is -2.51. The quantitative estimate of drug-likeness (QED) is 0.791. The van der Waals surface area contributed by atoms with Crippen LogP contribution in [0.4, 0.5) is 4.79 Å². The van der Waals surface area contributed by atoms with E-state index in [1.54, 1.807) is 17.1 Å². The number of nitrogens with zero attached hydrogens (tertiary/aromatic N) is 3. The summed E-state index contributed by atoms with van der Waals surface area (Å²) in [7, 11) is 0. The van der Waals surface area contributed by atoms with Crippen LogP contribution in [-0.4, -0.2) is 38.2 Å². The fourth-order valence-electron chi connectivity index (χ4n) is 3.84. The molecule has 1 aliphatic carbocycles. The Bertz CT molecular complexity index is 900. The summed E-state index contributed by atoms with van der Waals surface area (Å²) < 4.78 is 1.68. The molecule has 2 heterocycles. The number of para-hydroxylation sites is 1. The van der Waals surface area contributed by atoms with Gasteiger partial charge >= 0.3 is 6.03 Å². The number of benzene rings is 1. The fraction of sp³-hybridized carbons (Fsp3) is 0.400. The molecule has 2 fully saturated rings. The van der Waals surface area contributed by atoms with Gasteiger partial charge in [0, 0.05) is 6.20 Å². The molecule has 4 amide bonds. The van der Waals surface area contributed by atoms with E-state index < -0.39 is 17.5 Å². The van der Waals surface area contributed by atoms with Crippen molar-refractivity contribution in [3.63, 3.8) is 0 Å². The average Bonchev–Trinajstić information content (AvgIpc) is 3.24. The van der Waals surface area contributed by atoms with Gasteiger partial charge in [0.1, 0.15) is 5.54 Å². The van der Waals surface area contributed by atoms with Crippen molar-refractivity contribution in [3.05, 3.63) is 48.3 Å². The second-order valence-electron chi connectivity index (χ2n) is 7.68. The SMILES string of the molecule is CC1CCC2(CC1)NC(=O)N(NC(=O)Cc1cnn(-c3ccccc3)c1)C2=O. The number of carbonyl (C=O) groups excluding carboxylic acids is 3. The fourth-order valence-corrected chi connectivity index (χ4v) is 3.84. The highest BCUT2D eigenvalue weighted by atomic mass is 16.2. The van der Waals surface area contributed by atoms with Crippen molar-refractivity contribution in [1.29, 1.82) is 0 Å². The monoisotopic (exact) mass is 381 g/mol. The highest BCUT2D eigenvalue weighted by Crippen LogP contribution is 2.35. The third-order valence-electron chi connectivity index (χ3n) is 5.55. The van der Waals surface area contributed by atoms with E-state index >= 15 is 0 Å².